The number of hydrogen-bond donors (Lipinski definition) is 1. The van der Waals surface area contributed by atoms with Crippen LogP contribution in [-0.2, 0) is 17.1 Å². The van der Waals surface area contributed by atoms with Gasteiger partial charge in [-0.1, -0.05) is 0 Å². The van der Waals surface area contributed by atoms with Crippen LogP contribution in [0.2, 0.25) is 0 Å². The van der Waals surface area contributed by atoms with Gasteiger partial charge in [-0.3, -0.25) is 4.79 Å². The molecule has 2 aromatic rings. The standard InChI is InChI=1S/C17H22N4O4S/c1-20-11-19-10-15(20)12-5-7-21(8-6-12)26(23,24)13-3-4-16(25-2)14(9-13)17(18)22/h3-4,9-12H,5-8H2,1-2H3,(H2,18,22). The maximum atomic E-state index is 12.9. The smallest absolute Gasteiger partial charge is 0.252 e. The van der Waals surface area contributed by atoms with Gasteiger partial charge in [0.2, 0.25) is 10.0 Å². The van der Waals surface area contributed by atoms with E-state index in [1.165, 1.54) is 29.6 Å². The van der Waals surface area contributed by atoms with Crippen LogP contribution in [0.5, 0.6) is 5.75 Å². The maximum absolute atomic E-state index is 12.9. The van der Waals surface area contributed by atoms with E-state index < -0.39 is 15.9 Å². The third kappa shape index (κ3) is 3.32. The summed E-state index contributed by atoms with van der Waals surface area (Å²) in [5, 5.41) is 0. The lowest BCUT2D eigenvalue weighted by atomic mass is 9.95. The molecule has 2 N–H and O–H groups in total. The van der Waals surface area contributed by atoms with E-state index >= 15 is 0 Å². The Morgan fingerprint density at radius 1 is 1.31 bits per heavy atom. The van der Waals surface area contributed by atoms with Crippen molar-refractivity contribution in [3.63, 3.8) is 0 Å². The highest BCUT2D eigenvalue weighted by Crippen LogP contribution is 2.31. The zero-order valence-corrected chi connectivity index (χ0v) is 15.6. The molecule has 0 saturated carbocycles. The molecule has 0 aliphatic carbocycles. The van der Waals surface area contributed by atoms with Crippen LogP contribution in [0.25, 0.3) is 0 Å². The number of aromatic nitrogens is 2. The van der Waals surface area contributed by atoms with Gasteiger partial charge in [-0.05, 0) is 31.0 Å². The molecular weight excluding hydrogens is 356 g/mol. The number of carbonyl (C=O) groups excluding carboxylic acids is 1. The summed E-state index contributed by atoms with van der Waals surface area (Å²) in [6.07, 6.45) is 5.02. The number of carbonyl (C=O) groups is 1. The summed E-state index contributed by atoms with van der Waals surface area (Å²) in [7, 11) is -0.357. The average Bonchev–Trinajstić information content (AvgIpc) is 3.07. The Morgan fingerprint density at radius 3 is 2.54 bits per heavy atom. The molecule has 8 nitrogen and oxygen atoms in total. The van der Waals surface area contributed by atoms with E-state index in [2.05, 4.69) is 4.98 Å². The molecule has 0 spiro atoms. The van der Waals surface area contributed by atoms with Gasteiger partial charge in [0.15, 0.2) is 0 Å². The number of piperidine rings is 1. The van der Waals surface area contributed by atoms with E-state index in [0.29, 0.717) is 13.1 Å². The summed E-state index contributed by atoms with van der Waals surface area (Å²) >= 11 is 0. The largest absolute Gasteiger partial charge is 0.496 e. The van der Waals surface area contributed by atoms with Gasteiger partial charge < -0.3 is 15.0 Å². The minimum atomic E-state index is -3.70. The van der Waals surface area contributed by atoms with Gasteiger partial charge in [0.25, 0.3) is 5.91 Å². The second kappa shape index (κ2) is 7.08. The van der Waals surface area contributed by atoms with Gasteiger partial charge in [-0.2, -0.15) is 4.31 Å². The first kappa shape index (κ1) is 18.4. The predicted molar refractivity (Wildman–Crippen MR) is 95.5 cm³/mol. The average molecular weight is 378 g/mol. The molecule has 0 radical (unpaired) electrons. The van der Waals surface area contributed by atoms with E-state index in [9.17, 15) is 13.2 Å². The van der Waals surface area contributed by atoms with E-state index in [4.69, 9.17) is 10.5 Å². The topological polar surface area (TPSA) is 108 Å². The van der Waals surface area contributed by atoms with E-state index in [0.717, 1.165) is 18.5 Å². The van der Waals surface area contributed by atoms with E-state index in [1.807, 2.05) is 17.8 Å². The van der Waals surface area contributed by atoms with Crippen molar-refractivity contribution in [2.24, 2.45) is 12.8 Å². The number of imidazole rings is 1. The summed E-state index contributed by atoms with van der Waals surface area (Å²) in [5.41, 5.74) is 6.50. The highest BCUT2D eigenvalue weighted by atomic mass is 32.2. The maximum Gasteiger partial charge on any atom is 0.252 e. The minimum Gasteiger partial charge on any atom is -0.496 e. The number of rotatable bonds is 5. The zero-order valence-electron chi connectivity index (χ0n) is 14.8. The summed E-state index contributed by atoms with van der Waals surface area (Å²) < 4.78 is 34.4. The molecule has 0 unspecified atom stereocenters. The van der Waals surface area contributed by atoms with Crippen molar-refractivity contribution in [3.05, 3.63) is 42.0 Å². The zero-order chi connectivity index (χ0) is 18.9. The van der Waals surface area contributed by atoms with Gasteiger partial charge in [-0.15, -0.1) is 0 Å². The van der Waals surface area contributed by atoms with Crippen LogP contribution in [0.15, 0.2) is 35.6 Å². The number of ether oxygens (including phenoxy) is 1. The fraction of sp³-hybridized carbons (Fsp3) is 0.412. The third-order valence-corrected chi connectivity index (χ3v) is 6.69. The van der Waals surface area contributed by atoms with Gasteiger partial charge in [0, 0.05) is 37.9 Å². The number of amides is 1. The van der Waals surface area contributed by atoms with Crippen LogP contribution >= 0.6 is 0 Å². The number of sulfonamides is 1. The number of hydrogen-bond acceptors (Lipinski definition) is 5. The summed E-state index contributed by atoms with van der Waals surface area (Å²) in [6.45, 7) is 0.826. The first-order valence-corrected chi connectivity index (χ1v) is 9.73. The number of nitrogens with zero attached hydrogens (tertiary/aromatic N) is 3. The molecular formula is C17H22N4O4S. The monoisotopic (exact) mass is 378 g/mol. The van der Waals surface area contributed by atoms with Crippen LogP contribution in [0.4, 0.5) is 0 Å². The number of benzene rings is 1. The number of nitrogens with two attached hydrogens (primary N) is 1. The van der Waals surface area contributed by atoms with Gasteiger partial charge >= 0.3 is 0 Å². The molecule has 1 aromatic carbocycles. The number of methoxy groups -OCH3 is 1. The van der Waals surface area contributed by atoms with E-state index in [-0.39, 0.29) is 22.1 Å². The lowest BCUT2D eigenvalue weighted by molar-refractivity contribution is 0.0997. The quantitative estimate of drug-likeness (QED) is 0.838. The number of primary amides is 1. The second-order valence-electron chi connectivity index (χ2n) is 6.33. The molecule has 1 saturated heterocycles. The van der Waals surface area contributed by atoms with Crippen molar-refractivity contribution in [3.8, 4) is 5.75 Å². The van der Waals surface area contributed by atoms with Crippen LogP contribution in [-0.4, -0.2) is 48.4 Å². The molecule has 9 heteroatoms. The van der Waals surface area contributed by atoms with Crippen molar-refractivity contribution in [1.82, 2.24) is 13.9 Å². The van der Waals surface area contributed by atoms with Crippen molar-refractivity contribution in [1.29, 1.82) is 0 Å². The molecule has 1 aromatic heterocycles. The molecule has 3 rings (SSSR count). The third-order valence-electron chi connectivity index (χ3n) is 4.80. The molecule has 1 aliphatic heterocycles. The number of aryl methyl sites for hydroxylation is 1. The van der Waals surface area contributed by atoms with Crippen molar-refractivity contribution < 1.29 is 17.9 Å². The molecule has 2 heterocycles. The van der Waals surface area contributed by atoms with Crippen LogP contribution < -0.4 is 10.5 Å². The Morgan fingerprint density at radius 2 is 2.00 bits per heavy atom. The van der Waals surface area contributed by atoms with Crippen molar-refractivity contribution in [2.75, 3.05) is 20.2 Å². The Kier molecular flexibility index (Phi) is 5.01. The summed E-state index contributed by atoms with van der Waals surface area (Å²) in [6, 6.07) is 4.17. The normalized spacial score (nSPS) is 16.5. The first-order chi connectivity index (χ1) is 12.3. The Balaban J connectivity index is 1.80. The minimum absolute atomic E-state index is 0.0473. The predicted octanol–water partition coefficient (Wildman–Crippen LogP) is 1.10. The first-order valence-electron chi connectivity index (χ1n) is 8.28. The second-order valence-corrected chi connectivity index (χ2v) is 8.27. The van der Waals surface area contributed by atoms with Gasteiger partial charge in [0.1, 0.15) is 5.75 Å². The van der Waals surface area contributed by atoms with E-state index in [1.54, 1.807) is 6.33 Å². The Labute approximate surface area is 152 Å². The molecule has 0 atom stereocenters. The van der Waals surface area contributed by atoms with Gasteiger partial charge in [-0.25, -0.2) is 13.4 Å². The molecule has 140 valence electrons. The lowest BCUT2D eigenvalue weighted by Crippen LogP contribution is -2.38. The van der Waals surface area contributed by atoms with Crippen molar-refractivity contribution in [2.45, 2.75) is 23.7 Å². The fourth-order valence-electron chi connectivity index (χ4n) is 3.34. The SMILES string of the molecule is COc1ccc(S(=O)(=O)N2CCC(c3cncn3C)CC2)cc1C(N)=O. The Hall–Kier alpha value is -2.39. The lowest BCUT2D eigenvalue weighted by Gasteiger charge is -2.31. The molecule has 1 fully saturated rings. The highest BCUT2D eigenvalue weighted by Gasteiger charge is 2.31. The fourth-order valence-corrected chi connectivity index (χ4v) is 4.84. The summed E-state index contributed by atoms with van der Waals surface area (Å²) in [4.78, 5) is 15.7. The molecule has 1 amide bonds. The van der Waals surface area contributed by atoms with Gasteiger partial charge in [0.05, 0.1) is 23.9 Å². The highest BCUT2D eigenvalue weighted by molar-refractivity contribution is 7.89. The van der Waals surface area contributed by atoms with Crippen LogP contribution in [0.1, 0.15) is 34.8 Å². The molecule has 1 aliphatic rings. The van der Waals surface area contributed by atoms with Crippen LogP contribution in [0.3, 0.4) is 0 Å². The molecule has 0 bridgehead atoms. The van der Waals surface area contributed by atoms with Crippen LogP contribution in [0, 0.1) is 0 Å². The Bertz CT molecular complexity index is 915. The molecule has 26 heavy (non-hydrogen) atoms. The summed E-state index contributed by atoms with van der Waals surface area (Å²) in [5.74, 6) is -0.189. The van der Waals surface area contributed by atoms with Crippen molar-refractivity contribution >= 4 is 15.9 Å².